The second kappa shape index (κ2) is 5.57. The molecule has 0 atom stereocenters. The van der Waals surface area contributed by atoms with Crippen molar-refractivity contribution in [1.82, 2.24) is 9.97 Å². The van der Waals surface area contributed by atoms with Crippen molar-refractivity contribution in [2.24, 2.45) is 0 Å². The van der Waals surface area contributed by atoms with E-state index in [9.17, 15) is 9.90 Å². The Morgan fingerprint density at radius 1 is 1.32 bits per heavy atom. The minimum Gasteiger partial charge on any atom is -0.493 e. The van der Waals surface area contributed by atoms with Crippen molar-refractivity contribution in [3.63, 3.8) is 0 Å². The smallest absolute Gasteiger partial charge is 0.258 e. The van der Waals surface area contributed by atoms with Crippen LogP contribution in [0.25, 0.3) is 0 Å². The van der Waals surface area contributed by atoms with Gasteiger partial charge in [0.1, 0.15) is 5.82 Å². The van der Waals surface area contributed by atoms with Crippen LogP contribution in [0.15, 0.2) is 33.5 Å². The number of aromatic nitrogens is 2. The molecule has 0 aliphatic heterocycles. The summed E-state index contributed by atoms with van der Waals surface area (Å²) in [7, 11) is 0. The summed E-state index contributed by atoms with van der Waals surface area (Å²) in [6.07, 6.45) is 0.481. The third kappa shape index (κ3) is 3.23. The summed E-state index contributed by atoms with van der Waals surface area (Å²) in [6.45, 7) is 3.70. The van der Waals surface area contributed by atoms with Crippen LogP contribution in [0.3, 0.4) is 0 Å². The van der Waals surface area contributed by atoms with Gasteiger partial charge in [0.25, 0.3) is 5.56 Å². The summed E-state index contributed by atoms with van der Waals surface area (Å²) < 4.78 is 0.996. The van der Waals surface area contributed by atoms with Gasteiger partial charge in [-0.25, -0.2) is 0 Å². The minimum atomic E-state index is -0.269. The number of aromatic hydroxyl groups is 1. The normalized spacial score (nSPS) is 10.9. The Morgan fingerprint density at radius 2 is 1.95 bits per heavy atom. The van der Waals surface area contributed by atoms with Gasteiger partial charge in [-0.2, -0.15) is 4.98 Å². The first kappa shape index (κ1) is 13.8. The fourth-order valence-corrected chi connectivity index (χ4v) is 2.18. The largest absolute Gasteiger partial charge is 0.493 e. The lowest BCUT2D eigenvalue weighted by molar-refractivity contribution is 0.436. The van der Waals surface area contributed by atoms with Gasteiger partial charge in [0.05, 0.1) is 5.56 Å². The summed E-state index contributed by atoms with van der Waals surface area (Å²) in [4.78, 5) is 18.7. The first-order valence-electron chi connectivity index (χ1n) is 6.04. The summed E-state index contributed by atoms with van der Waals surface area (Å²) in [5.41, 5.74) is 1.08. The molecule has 19 heavy (non-hydrogen) atoms. The van der Waals surface area contributed by atoms with Crippen LogP contribution in [0.1, 0.15) is 36.7 Å². The summed E-state index contributed by atoms with van der Waals surface area (Å²) in [5, 5.41) is 9.83. The molecule has 1 aromatic carbocycles. The van der Waals surface area contributed by atoms with Crippen molar-refractivity contribution >= 4 is 15.9 Å². The molecule has 4 nitrogen and oxygen atoms in total. The lowest BCUT2D eigenvalue weighted by atomic mass is 10.1. The van der Waals surface area contributed by atoms with Crippen LogP contribution in [-0.4, -0.2) is 15.1 Å². The average molecular weight is 323 g/mol. The zero-order valence-corrected chi connectivity index (χ0v) is 12.4. The van der Waals surface area contributed by atoms with Gasteiger partial charge in [-0.3, -0.25) is 4.79 Å². The highest BCUT2D eigenvalue weighted by Crippen LogP contribution is 2.19. The van der Waals surface area contributed by atoms with Crippen molar-refractivity contribution in [3.8, 4) is 5.88 Å². The third-order valence-corrected chi connectivity index (χ3v) is 3.38. The Kier molecular flexibility index (Phi) is 4.04. The number of halogens is 1. The van der Waals surface area contributed by atoms with Gasteiger partial charge in [-0.1, -0.05) is 41.9 Å². The molecule has 0 aliphatic carbocycles. The molecule has 5 heteroatoms. The Balaban J connectivity index is 2.32. The molecule has 0 unspecified atom stereocenters. The van der Waals surface area contributed by atoms with Crippen molar-refractivity contribution in [1.29, 1.82) is 0 Å². The fourth-order valence-electron chi connectivity index (χ4n) is 1.92. The lowest BCUT2D eigenvalue weighted by Crippen LogP contribution is -2.18. The van der Waals surface area contributed by atoms with Crippen LogP contribution < -0.4 is 5.56 Å². The Bertz CT molecular complexity index is 633. The second-order valence-corrected chi connectivity index (χ2v) is 5.62. The second-order valence-electron chi connectivity index (χ2n) is 4.71. The molecular formula is C14H15BrN2O2. The molecule has 1 heterocycles. The quantitative estimate of drug-likeness (QED) is 0.913. The van der Waals surface area contributed by atoms with Crippen LogP contribution in [-0.2, 0) is 6.42 Å². The SMILES string of the molecule is CC(C)c1c(O)nc(Cc2ccc(Br)cc2)[nH]c1=O. The molecule has 1 aromatic heterocycles. The minimum absolute atomic E-state index is 0.0574. The molecule has 0 aliphatic rings. The number of hydrogen-bond acceptors (Lipinski definition) is 3. The number of H-pyrrole nitrogens is 1. The van der Waals surface area contributed by atoms with Crippen LogP contribution in [0.5, 0.6) is 5.88 Å². The van der Waals surface area contributed by atoms with Crippen molar-refractivity contribution in [2.45, 2.75) is 26.2 Å². The maximum absolute atomic E-state index is 11.9. The first-order valence-corrected chi connectivity index (χ1v) is 6.83. The first-order chi connectivity index (χ1) is 8.97. The van der Waals surface area contributed by atoms with Gasteiger partial charge in [0, 0.05) is 10.9 Å². The Hall–Kier alpha value is -1.62. The van der Waals surface area contributed by atoms with Crippen LogP contribution in [0.2, 0.25) is 0 Å². The third-order valence-electron chi connectivity index (χ3n) is 2.85. The van der Waals surface area contributed by atoms with Crippen molar-refractivity contribution in [3.05, 3.63) is 56.0 Å². The summed E-state index contributed by atoms with van der Waals surface area (Å²) in [5.74, 6) is 0.234. The predicted molar refractivity (Wildman–Crippen MR) is 77.6 cm³/mol. The Morgan fingerprint density at radius 3 is 2.47 bits per heavy atom. The topological polar surface area (TPSA) is 66.0 Å². The molecule has 0 bridgehead atoms. The van der Waals surface area contributed by atoms with Crippen LogP contribution in [0, 0.1) is 0 Å². The highest BCUT2D eigenvalue weighted by Gasteiger charge is 2.14. The molecule has 0 amide bonds. The maximum atomic E-state index is 11.9. The highest BCUT2D eigenvalue weighted by atomic mass is 79.9. The monoisotopic (exact) mass is 322 g/mol. The van der Waals surface area contributed by atoms with Crippen LogP contribution in [0.4, 0.5) is 0 Å². The number of benzene rings is 1. The van der Waals surface area contributed by atoms with E-state index in [4.69, 9.17) is 0 Å². The molecule has 0 saturated carbocycles. The molecule has 0 fully saturated rings. The van der Waals surface area contributed by atoms with E-state index >= 15 is 0 Å². The molecule has 2 N–H and O–H groups in total. The number of hydrogen-bond donors (Lipinski definition) is 2. The molecular weight excluding hydrogens is 308 g/mol. The number of rotatable bonds is 3. The Labute approximate surface area is 119 Å². The van der Waals surface area contributed by atoms with Crippen LogP contribution >= 0.6 is 15.9 Å². The predicted octanol–water partition coefficient (Wildman–Crippen LogP) is 2.95. The number of nitrogens with one attached hydrogen (secondary N) is 1. The van der Waals surface area contributed by atoms with E-state index < -0.39 is 0 Å². The van der Waals surface area contributed by atoms with Crippen molar-refractivity contribution < 1.29 is 5.11 Å². The van der Waals surface area contributed by atoms with E-state index in [1.54, 1.807) is 0 Å². The molecule has 100 valence electrons. The van der Waals surface area contributed by atoms with Gasteiger partial charge in [-0.15, -0.1) is 0 Å². The molecule has 2 rings (SSSR count). The van der Waals surface area contributed by atoms with Gasteiger partial charge in [0.15, 0.2) is 0 Å². The molecule has 0 radical (unpaired) electrons. The van der Waals surface area contributed by atoms with Gasteiger partial charge < -0.3 is 10.1 Å². The van der Waals surface area contributed by atoms with E-state index in [0.29, 0.717) is 17.8 Å². The number of aromatic amines is 1. The summed E-state index contributed by atoms with van der Waals surface area (Å²) >= 11 is 3.37. The zero-order valence-electron chi connectivity index (χ0n) is 10.8. The summed E-state index contributed by atoms with van der Waals surface area (Å²) in [6, 6.07) is 7.74. The molecule has 2 aromatic rings. The lowest BCUT2D eigenvalue weighted by Gasteiger charge is -2.08. The van der Waals surface area contributed by atoms with E-state index in [0.717, 1.165) is 10.0 Å². The van der Waals surface area contributed by atoms with Gasteiger partial charge in [-0.05, 0) is 23.6 Å². The highest BCUT2D eigenvalue weighted by molar-refractivity contribution is 9.10. The van der Waals surface area contributed by atoms with E-state index in [1.807, 2.05) is 38.1 Å². The zero-order chi connectivity index (χ0) is 14.0. The maximum Gasteiger partial charge on any atom is 0.258 e. The van der Waals surface area contributed by atoms with Gasteiger partial charge >= 0.3 is 0 Å². The standard InChI is InChI=1S/C14H15BrN2O2/c1-8(2)12-13(18)16-11(17-14(12)19)7-9-3-5-10(15)6-4-9/h3-6,8H,7H2,1-2H3,(H2,16,17,18,19). The molecule has 0 spiro atoms. The number of nitrogens with zero attached hydrogens (tertiary/aromatic N) is 1. The fraction of sp³-hybridized carbons (Fsp3) is 0.286. The molecule has 0 saturated heterocycles. The van der Waals surface area contributed by atoms with E-state index in [-0.39, 0.29) is 17.4 Å². The van der Waals surface area contributed by atoms with Gasteiger partial charge in [0.2, 0.25) is 5.88 Å². The van der Waals surface area contributed by atoms with E-state index in [2.05, 4.69) is 25.9 Å². The van der Waals surface area contributed by atoms with Crippen molar-refractivity contribution in [2.75, 3.05) is 0 Å². The van der Waals surface area contributed by atoms with E-state index in [1.165, 1.54) is 0 Å². The average Bonchev–Trinajstić information content (AvgIpc) is 2.30.